The first kappa shape index (κ1) is 15.0. The van der Waals surface area contributed by atoms with E-state index >= 15 is 0 Å². The van der Waals surface area contributed by atoms with Gasteiger partial charge in [-0.2, -0.15) is 0 Å². The van der Waals surface area contributed by atoms with Crippen molar-refractivity contribution in [3.8, 4) is 5.75 Å². The summed E-state index contributed by atoms with van der Waals surface area (Å²) in [6.45, 7) is 0. The van der Waals surface area contributed by atoms with Crippen molar-refractivity contribution < 1.29 is 17.9 Å². The van der Waals surface area contributed by atoms with Gasteiger partial charge in [0.2, 0.25) is 0 Å². The Hall–Kier alpha value is -2.42. The van der Waals surface area contributed by atoms with Crippen LogP contribution in [0.1, 0.15) is 5.69 Å². The lowest BCUT2D eigenvalue weighted by Crippen LogP contribution is -2.17. The van der Waals surface area contributed by atoms with Crippen molar-refractivity contribution in [2.75, 3.05) is 5.32 Å². The van der Waals surface area contributed by atoms with Gasteiger partial charge in [-0.1, -0.05) is 18.3 Å². The van der Waals surface area contributed by atoms with E-state index in [1.54, 1.807) is 6.07 Å². The third kappa shape index (κ3) is 4.28. The van der Waals surface area contributed by atoms with Gasteiger partial charge >= 0.3 is 6.36 Å². The lowest BCUT2D eigenvalue weighted by atomic mass is 10.3. The topological polar surface area (TPSA) is 73.1 Å². The Morgan fingerprint density at radius 2 is 1.95 bits per heavy atom. The predicted octanol–water partition coefficient (Wildman–Crippen LogP) is 2.75. The second-order valence-corrected chi connectivity index (χ2v) is 4.26. The van der Waals surface area contributed by atoms with Crippen LogP contribution in [-0.2, 0) is 0 Å². The van der Waals surface area contributed by atoms with Crippen LogP contribution in [0, 0.1) is 0 Å². The maximum atomic E-state index is 12.2. The van der Waals surface area contributed by atoms with Crippen LogP contribution in [0.2, 0.25) is 0 Å². The Balaban J connectivity index is 2.25. The number of anilines is 2. The lowest BCUT2D eigenvalue weighted by molar-refractivity contribution is -0.274. The minimum Gasteiger partial charge on any atom is -0.406 e. The van der Waals surface area contributed by atoms with Crippen LogP contribution in [0.3, 0.4) is 0 Å². The number of halogens is 3. The Kier molecular flexibility index (Phi) is 4.22. The van der Waals surface area contributed by atoms with Gasteiger partial charge in [0, 0.05) is 24.1 Å². The molecule has 0 atom stereocenters. The van der Waals surface area contributed by atoms with E-state index in [0.717, 1.165) is 0 Å². The molecule has 0 bridgehead atoms. The van der Waals surface area contributed by atoms with E-state index in [2.05, 4.69) is 20.0 Å². The van der Waals surface area contributed by atoms with Gasteiger partial charge in [-0.25, -0.2) is 9.97 Å². The number of ether oxygens (including phenoxy) is 1. The fourth-order valence-electron chi connectivity index (χ4n) is 1.52. The van der Waals surface area contributed by atoms with Crippen molar-refractivity contribution in [2.45, 2.75) is 6.36 Å². The zero-order valence-corrected chi connectivity index (χ0v) is 11.2. The van der Waals surface area contributed by atoms with Crippen molar-refractivity contribution in [1.82, 2.24) is 9.97 Å². The standard InChI is InChI=1S/C12H9F3N4OS/c13-12(14,15)20-8-3-1-2-7(6-8)19-11-9(10(16)21)17-4-5-18-11/h1-6H,(H2,16,21)(H,18,19). The SMILES string of the molecule is NC(=S)c1nccnc1Nc1cccc(OC(F)(F)F)c1. The fourth-order valence-corrected chi connectivity index (χ4v) is 1.67. The first-order valence-corrected chi connectivity index (χ1v) is 5.99. The molecule has 9 heteroatoms. The molecule has 21 heavy (non-hydrogen) atoms. The number of nitrogens with zero attached hydrogens (tertiary/aromatic N) is 2. The molecule has 0 fully saturated rings. The van der Waals surface area contributed by atoms with Gasteiger partial charge in [0.25, 0.3) is 0 Å². The molecule has 0 saturated carbocycles. The molecule has 0 unspecified atom stereocenters. The summed E-state index contributed by atoms with van der Waals surface area (Å²) in [5.41, 5.74) is 6.07. The summed E-state index contributed by atoms with van der Waals surface area (Å²) >= 11 is 4.83. The maximum Gasteiger partial charge on any atom is 0.573 e. The smallest absolute Gasteiger partial charge is 0.406 e. The van der Waals surface area contributed by atoms with E-state index in [1.165, 1.54) is 30.6 Å². The monoisotopic (exact) mass is 314 g/mol. The predicted molar refractivity (Wildman–Crippen MR) is 74.3 cm³/mol. The van der Waals surface area contributed by atoms with Gasteiger partial charge in [-0.05, 0) is 12.1 Å². The van der Waals surface area contributed by atoms with Gasteiger partial charge < -0.3 is 15.8 Å². The Bertz CT molecular complexity index is 663. The quantitative estimate of drug-likeness (QED) is 0.846. The number of nitrogens with one attached hydrogen (secondary N) is 1. The summed E-state index contributed by atoms with van der Waals surface area (Å²) in [7, 11) is 0. The molecular weight excluding hydrogens is 305 g/mol. The summed E-state index contributed by atoms with van der Waals surface area (Å²) in [6, 6.07) is 5.30. The molecule has 0 amide bonds. The molecule has 1 aromatic carbocycles. The fraction of sp³-hybridized carbons (Fsp3) is 0.0833. The molecule has 0 aliphatic carbocycles. The van der Waals surface area contributed by atoms with Crippen LogP contribution >= 0.6 is 12.2 Å². The largest absolute Gasteiger partial charge is 0.573 e. The third-order valence-electron chi connectivity index (χ3n) is 2.26. The Labute approximate surface area is 123 Å². The first-order valence-electron chi connectivity index (χ1n) is 5.59. The second-order valence-electron chi connectivity index (χ2n) is 3.82. The van der Waals surface area contributed by atoms with Gasteiger partial charge in [0.15, 0.2) is 5.82 Å². The van der Waals surface area contributed by atoms with Gasteiger partial charge in [-0.3, -0.25) is 0 Å². The van der Waals surface area contributed by atoms with Gasteiger partial charge in [0.05, 0.1) is 0 Å². The van der Waals surface area contributed by atoms with E-state index < -0.39 is 6.36 Å². The number of hydrogen-bond donors (Lipinski definition) is 2. The Morgan fingerprint density at radius 3 is 2.62 bits per heavy atom. The van der Waals surface area contributed by atoms with Gasteiger partial charge in [-0.15, -0.1) is 13.2 Å². The van der Waals surface area contributed by atoms with Crippen molar-refractivity contribution >= 4 is 28.7 Å². The normalized spacial score (nSPS) is 11.0. The second kappa shape index (κ2) is 5.92. The number of hydrogen-bond acceptors (Lipinski definition) is 5. The molecule has 0 saturated heterocycles. The molecule has 5 nitrogen and oxygen atoms in total. The number of nitrogens with two attached hydrogens (primary N) is 1. The summed E-state index contributed by atoms with van der Waals surface area (Å²) in [6.07, 6.45) is -1.95. The number of rotatable bonds is 4. The average molecular weight is 314 g/mol. The van der Waals surface area contributed by atoms with Crippen molar-refractivity contribution in [3.05, 3.63) is 42.4 Å². The molecule has 0 radical (unpaired) electrons. The van der Waals surface area contributed by atoms with Crippen LogP contribution in [0.4, 0.5) is 24.7 Å². The summed E-state index contributed by atoms with van der Waals surface area (Å²) < 4.78 is 40.3. The Morgan fingerprint density at radius 1 is 1.24 bits per heavy atom. The van der Waals surface area contributed by atoms with Crippen LogP contribution in [0.15, 0.2) is 36.7 Å². The molecule has 0 spiro atoms. The van der Waals surface area contributed by atoms with Crippen molar-refractivity contribution in [2.24, 2.45) is 5.73 Å². The van der Waals surface area contributed by atoms with Gasteiger partial charge in [0.1, 0.15) is 16.4 Å². The highest BCUT2D eigenvalue weighted by molar-refractivity contribution is 7.80. The van der Waals surface area contributed by atoms with E-state index in [4.69, 9.17) is 18.0 Å². The molecular formula is C12H9F3N4OS. The lowest BCUT2D eigenvalue weighted by Gasteiger charge is -2.12. The first-order chi connectivity index (χ1) is 9.85. The van der Waals surface area contributed by atoms with E-state index in [0.29, 0.717) is 5.69 Å². The summed E-state index contributed by atoms with van der Waals surface area (Å²) in [5.74, 6) is -0.109. The van der Waals surface area contributed by atoms with E-state index in [-0.39, 0.29) is 22.2 Å². The molecule has 110 valence electrons. The summed E-state index contributed by atoms with van der Waals surface area (Å²) in [5, 5.41) is 2.79. The maximum absolute atomic E-state index is 12.2. The van der Waals surface area contributed by atoms with Crippen molar-refractivity contribution in [1.29, 1.82) is 0 Å². The summed E-state index contributed by atoms with van der Waals surface area (Å²) in [4.78, 5) is 7.97. The third-order valence-corrected chi connectivity index (χ3v) is 2.46. The van der Waals surface area contributed by atoms with Crippen LogP contribution < -0.4 is 15.8 Å². The molecule has 0 aliphatic rings. The van der Waals surface area contributed by atoms with Crippen LogP contribution in [0.25, 0.3) is 0 Å². The zero-order valence-electron chi connectivity index (χ0n) is 10.4. The molecule has 1 heterocycles. The van der Waals surface area contributed by atoms with E-state index in [9.17, 15) is 13.2 Å². The molecule has 2 aromatic rings. The molecule has 1 aromatic heterocycles. The number of aromatic nitrogens is 2. The molecule has 3 N–H and O–H groups in total. The molecule has 0 aliphatic heterocycles. The van der Waals surface area contributed by atoms with Crippen molar-refractivity contribution in [3.63, 3.8) is 0 Å². The number of alkyl halides is 3. The minimum atomic E-state index is -4.75. The van der Waals surface area contributed by atoms with E-state index in [1.807, 2.05) is 0 Å². The average Bonchev–Trinajstić information content (AvgIpc) is 2.37. The zero-order chi connectivity index (χ0) is 15.5. The number of benzene rings is 1. The number of thiocarbonyl (C=S) groups is 1. The minimum absolute atomic E-state index is 0.0216. The van der Waals surface area contributed by atoms with Crippen LogP contribution in [0.5, 0.6) is 5.75 Å². The highest BCUT2D eigenvalue weighted by Crippen LogP contribution is 2.26. The molecule has 2 rings (SSSR count). The highest BCUT2D eigenvalue weighted by atomic mass is 32.1. The highest BCUT2D eigenvalue weighted by Gasteiger charge is 2.31. The van der Waals surface area contributed by atoms with Crippen LogP contribution in [-0.4, -0.2) is 21.3 Å².